The highest BCUT2D eigenvalue weighted by Crippen LogP contribution is 2.12. The second kappa shape index (κ2) is 7.89. The zero-order valence-corrected chi connectivity index (χ0v) is 14.5. The number of hydrogen-bond donors (Lipinski definition) is 1. The third kappa shape index (κ3) is 4.40. The van der Waals surface area contributed by atoms with E-state index < -0.39 is 16.3 Å². The third-order valence-electron chi connectivity index (χ3n) is 3.70. The van der Waals surface area contributed by atoms with Crippen LogP contribution in [0.2, 0.25) is 0 Å². The quantitative estimate of drug-likeness (QED) is 0.691. The number of carbonyl (C=O) groups is 2. The van der Waals surface area contributed by atoms with Crippen molar-refractivity contribution in [1.82, 2.24) is 18.8 Å². The number of nitrogens with zero attached hydrogens (tertiary/aromatic N) is 3. The van der Waals surface area contributed by atoms with E-state index in [0.717, 1.165) is 0 Å². The van der Waals surface area contributed by atoms with Gasteiger partial charge in [-0.15, -0.1) is 0 Å². The maximum atomic E-state index is 12.4. The molecule has 0 bridgehead atoms. The molecule has 128 valence electrons. The van der Waals surface area contributed by atoms with Crippen molar-refractivity contribution in [3.05, 3.63) is 0 Å². The lowest BCUT2D eigenvalue weighted by Crippen LogP contribution is -2.57. The van der Waals surface area contributed by atoms with Crippen molar-refractivity contribution < 1.29 is 18.0 Å². The second-order valence-corrected chi connectivity index (χ2v) is 7.17. The number of hydrogen-bond acceptors (Lipinski definition) is 4. The zero-order valence-electron chi connectivity index (χ0n) is 13.7. The van der Waals surface area contributed by atoms with Gasteiger partial charge in [0.25, 0.3) is 10.2 Å². The van der Waals surface area contributed by atoms with Crippen LogP contribution in [0.3, 0.4) is 0 Å². The molecule has 0 unspecified atom stereocenters. The molecule has 1 N–H and O–H groups in total. The minimum absolute atomic E-state index is 0.185. The minimum atomic E-state index is -3.45. The van der Waals surface area contributed by atoms with E-state index in [4.69, 9.17) is 0 Å². The van der Waals surface area contributed by atoms with Gasteiger partial charge in [-0.05, 0) is 6.92 Å². The van der Waals surface area contributed by atoms with Gasteiger partial charge in [-0.2, -0.15) is 17.0 Å². The van der Waals surface area contributed by atoms with Crippen LogP contribution < -0.4 is 5.32 Å². The van der Waals surface area contributed by atoms with E-state index in [0.29, 0.717) is 26.2 Å². The van der Waals surface area contributed by atoms with Crippen molar-refractivity contribution in [1.29, 1.82) is 0 Å². The van der Waals surface area contributed by atoms with E-state index in [1.807, 2.05) is 0 Å². The van der Waals surface area contributed by atoms with Gasteiger partial charge in [0.15, 0.2) is 0 Å². The van der Waals surface area contributed by atoms with Crippen LogP contribution in [-0.4, -0.2) is 79.1 Å². The third-order valence-corrected chi connectivity index (χ3v) is 5.89. The maximum absolute atomic E-state index is 12.4. The van der Waals surface area contributed by atoms with Crippen LogP contribution >= 0.6 is 0 Å². The Balaban J connectivity index is 2.63. The highest BCUT2D eigenvalue weighted by atomic mass is 32.2. The SMILES string of the molecule is CCN(CC)S(=O)(=O)N1CCN(C(=O)[C@@H](C)NC(C)=O)CC1. The zero-order chi connectivity index (χ0) is 16.9. The molecule has 0 aromatic carbocycles. The first kappa shape index (κ1) is 18.9. The van der Waals surface area contributed by atoms with Crippen LogP contribution in [0.25, 0.3) is 0 Å². The van der Waals surface area contributed by atoms with Crippen LogP contribution in [0.5, 0.6) is 0 Å². The van der Waals surface area contributed by atoms with Crippen molar-refractivity contribution in [3.63, 3.8) is 0 Å². The highest BCUT2D eigenvalue weighted by molar-refractivity contribution is 7.86. The number of nitrogens with one attached hydrogen (secondary N) is 1. The summed E-state index contributed by atoms with van der Waals surface area (Å²) < 4.78 is 27.6. The molecule has 0 aromatic rings. The Morgan fingerprint density at radius 2 is 1.64 bits per heavy atom. The summed E-state index contributed by atoms with van der Waals surface area (Å²) in [5.74, 6) is -0.446. The maximum Gasteiger partial charge on any atom is 0.282 e. The van der Waals surface area contributed by atoms with Gasteiger partial charge in [-0.25, -0.2) is 0 Å². The first-order chi connectivity index (χ1) is 10.2. The summed E-state index contributed by atoms with van der Waals surface area (Å²) >= 11 is 0. The standard InChI is InChI=1S/C13H26N4O4S/c1-5-16(6-2)22(20,21)17-9-7-15(8-10-17)13(19)11(3)14-12(4)18/h11H,5-10H2,1-4H3,(H,14,18)/t11-/m1/s1. The normalized spacial score (nSPS) is 18.3. The van der Waals surface area contributed by atoms with Crippen molar-refractivity contribution in [3.8, 4) is 0 Å². The van der Waals surface area contributed by atoms with Crippen LogP contribution in [0.4, 0.5) is 0 Å². The highest BCUT2D eigenvalue weighted by Gasteiger charge is 2.33. The van der Waals surface area contributed by atoms with Gasteiger partial charge in [-0.3, -0.25) is 9.59 Å². The minimum Gasteiger partial charge on any atom is -0.345 e. The fourth-order valence-electron chi connectivity index (χ4n) is 2.49. The van der Waals surface area contributed by atoms with E-state index >= 15 is 0 Å². The lowest BCUT2D eigenvalue weighted by molar-refractivity contribution is -0.136. The smallest absolute Gasteiger partial charge is 0.282 e. The molecule has 1 atom stereocenters. The molecule has 0 aromatic heterocycles. The van der Waals surface area contributed by atoms with Crippen molar-refractivity contribution in [2.24, 2.45) is 0 Å². The molecule has 1 rings (SSSR count). The fourth-order valence-corrected chi connectivity index (χ4v) is 4.10. The Bertz CT molecular complexity index is 496. The van der Waals surface area contributed by atoms with Crippen molar-refractivity contribution in [2.75, 3.05) is 39.3 Å². The van der Waals surface area contributed by atoms with E-state index in [2.05, 4.69) is 5.32 Å². The summed E-state index contributed by atoms with van der Waals surface area (Å²) in [5.41, 5.74) is 0. The molecule has 1 heterocycles. The first-order valence-electron chi connectivity index (χ1n) is 7.55. The Kier molecular flexibility index (Phi) is 6.76. The Morgan fingerprint density at radius 1 is 1.14 bits per heavy atom. The van der Waals surface area contributed by atoms with E-state index in [9.17, 15) is 18.0 Å². The topological polar surface area (TPSA) is 90.0 Å². The molecule has 22 heavy (non-hydrogen) atoms. The lowest BCUT2D eigenvalue weighted by atomic mass is 10.2. The average Bonchev–Trinajstić information content (AvgIpc) is 2.46. The summed E-state index contributed by atoms with van der Waals surface area (Å²) in [5, 5.41) is 2.55. The van der Waals surface area contributed by atoms with Gasteiger partial charge in [0.2, 0.25) is 11.8 Å². The van der Waals surface area contributed by atoms with Crippen LogP contribution in [0.1, 0.15) is 27.7 Å². The molecule has 0 aliphatic carbocycles. The predicted octanol–water partition coefficient (Wildman–Crippen LogP) is -0.758. The second-order valence-electron chi connectivity index (χ2n) is 5.24. The lowest BCUT2D eigenvalue weighted by Gasteiger charge is -2.37. The molecule has 0 radical (unpaired) electrons. The monoisotopic (exact) mass is 334 g/mol. The summed E-state index contributed by atoms with van der Waals surface area (Å²) in [7, 11) is -3.45. The molecular formula is C13H26N4O4S. The van der Waals surface area contributed by atoms with Gasteiger partial charge in [0.05, 0.1) is 0 Å². The Morgan fingerprint density at radius 3 is 2.05 bits per heavy atom. The van der Waals surface area contributed by atoms with Gasteiger partial charge >= 0.3 is 0 Å². The summed E-state index contributed by atoms with van der Waals surface area (Å²) in [6, 6.07) is -0.594. The fraction of sp³-hybridized carbons (Fsp3) is 0.846. The van der Waals surface area contributed by atoms with Crippen molar-refractivity contribution >= 4 is 22.0 Å². The summed E-state index contributed by atoms with van der Waals surface area (Å²) in [6.07, 6.45) is 0. The van der Waals surface area contributed by atoms with E-state index in [1.165, 1.54) is 15.5 Å². The molecular weight excluding hydrogens is 308 g/mol. The van der Waals surface area contributed by atoms with Gasteiger partial charge in [-0.1, -0.05) is 13.8 Å². The van der Waals surface area contributed by atoms with Gasteiger partial charge in [0, 0.05) is 46.2 Å². The molecule has 9 heteroatoms. The predicted molar refractivity (Wildman–Crippen MR) is 83.3 cm³/mol. The average molecular weight is 334 g/mol. The Hall–Kier alpha value is -1.19. The van der Waals surface area contributed by atoms with Crippen molar-refractivity contribution in [2.45, 2.75) is 33.7 Å². The van der Waals surface area contributed by atoms with Crippen LogP contribution in [0.15, 0.2) is 0 Å². The van der Waals surface area contributed by atoms with Gasteiger partial charge in [0.1, 0.15) is 6.04 Å². The summed E-state index contributed by atoms with van der Waals surface area (Å²) in [6.45, 7) is 8.67. The molecule has 1 aliphatic rings. The molecule has 2 amide bonds. The molecule has 0 saturated carbocycles. The van der Waals surface area contributed by atoms with Crippen LogP contribution in [0, 0.1) is 0 Å². The molecule has 1 fully saturated rings. The van der Waals surface area contributed by atoms with E-state index in [1.54, 1.807) is 25.7 Å². The molecule has 8 nitrogen and oxygen atoms in total. The Labute approximate surface area is 132 Å². The molecule has 1 aliphatic heterocycles. The largest absolute Gasteiger partial charge is 0.345 e. The molecule has 1 saturated heterocycles. The van der Waals surface area contributed by atoms with E-state index in [-0.39, 0.29) is 24.9 Å². The van der Waals surface area contributed by atoms with Crippen LogP contribution in [-0.2, 0) is 19.8 Å². The van der Waals surface area contributed by atoms with Gasteiger partial charge < -0.3 is 10.2 Å². The number of carbonyl (C=O) groups excluding carboxylic acids is 2. The summed E-state index contributed by atoms with van der Waals surface area (Å²) in [4.78, 5) is 24.8. The number of rotatable bonds is 6. The first-order valence-corrected chi connectivity index (χ1v) is 8.94. The number of piperazine rings is 1. The molecule has 0 spiro atoms. The number of amides is 2.